The molecule has 4 unspecified atom stereocenters. The lowest BCUT2D eigenvalue weighted by molar-refractivity contribution is -0.156. The maximum absolute atomic E-state index is 15.3. The molecule has 0 amide bonds. The van der Waals surface area contributed by atoms with Crippen molar-refractivity contribution in [3.63, 3.8) is 0 Å². The van der Waals surface area contributed by atoms with Gasteiger partial charge in [0.25, 0.3) is 0 Å². The summed E-state index contributed by atoms with van der Waals surface area (Å²) in [5.41, 5.74) is 1.88. The minimum absolute atomic E-state index is 0.143. The van der Waals surface area contributed by atoms with E-state index < -0.39 is 34.6 Å². The fourth-order valence-corrected chi connectivity index (χ4v) is 7.14. The minimum atomic E-state index is -1.38. The molecule has 2 aliphatic carbocycles. The van der Waals surface area contributed by atoms with Crippen molar-refractivity contribution >= 4 is 28.9 Å². The first-order chi connectivity index (χ1) is 18.1. The van der Waals surface area contributed by atoms with Gasteiger partial charge in [0.05, 0.1) is 22.7 Å². The van der Waals surface area contributed by atoms with Gasteiger partial charge >= 0.3 is 11.9 Å². The number of hydrogen-bond acceptors (Lipinski definition) is 4. The van der Waals surface area contributed by atoms with Gasteiger partial charge in [-0.2, -0.15) is 0 Å². The number of cyclic esters (lactones) is 2. The predicted molar refractivity (Wildman–Crippen MR) is 139 cm³/mol. The average molecular weight is 483 g/mol. The Morgan fingerprint density at radius 3 is 1.14 bits per heavy atom. The molecule has 7 rings (SSSR count). The highest BCUT2D eigenvalue weighted by molar-refractivity contribution is 6.34. The second kappa shape index (κ2) is 7.71. The molecular weight excluding hydrogens is 460 g/mol. The standard InChI is InChI=1S/C33H22O4/c34-29-27-28(30(35)37-29)33(24-19-11-4-12-20-24)26(22-15-7-2-8-16-22)25(21-13-5-1-6-14-21)32(27,31(33)36)23-17-9-3-10-18-23/h1-20,27-28H. The third-order valence-corrected chi connectivity index (χ3v) is 8.31. The van der Waals surface area contributed by atoms with Crippen molar-refractivity contribution in [3.8, 4) is 0 Å². The van der Waals surface area contributed by atoms with E-state index in [1.165, 1.54) is 0 Å². The van der Waals surface area contributed by atoms with E-state index in [-0.39, 0.29) is 5.78 Å². The van der Waals surface area contributed by atoms with Crippen LogP contribution < -0.4 is 0 Å². The molecule has 178 valence electrons. The minimum Gasteiger partial charge on any atom is -0.393 e. The molecule has 4 nitrogen and oxygen atoms in total. The maximum atomic E-state index is 15.3. The Hall–Kier alpha value is -4.57. The normalized spacial score (nSPS) is 27.9. The molecule has 0 aromatic heterocycles. The summed E-state index contributed by atoms with van der Waals surface area (Å²) in [6, 6.07) is 38.4. The molecule has 1 saturated heterocycles. The first-order valence-corrected chi connectivity index (χ1v) is 12.4. The van der Waals surface area contributed by atoms with Crippen molar-refractivity contribution in [2.45, 2.75) is 10.8 Å². The summed E-state index contributed by atoms with van der Waals surface area (Å²) in [6.07, 6.45) is 0. The maximum Gasteiger partial charge on any atom is 0.319 e. The second-order valence-electron chi connectivity index (χ2n) is 9.85. The van der Waals surface area contributed by atoms with Crippen molar-refractivity contribution in [3.05, 3.63) is 144 Å². The van der Waals surface area contributed by atoms with Crippen LogP contribution in [0.3, 0.4) is 0 Å². The number of hydrogen-bond donors (Lipinski definition) is 0. The molecule has 1 heterocycles. The van der Waals surface area contributed by atoms with E-state index in [2.05, 4.69) is 0 Å². The van der Waals surface area contributed by atoms with Crippen molar-refractivity contribution in [2.75, 3.05) is 0 Å². The van der Waals surface area contributed by atoms with Gasteiger partial charge in [0.15, 0.2) is 5.78 Å². The van der Waals surface area contributed by atoms with Crippen molar-refractivity contribution in [1.29, 1.82) is 0 Å². The molecule has 0 N–H and O–H groups in total. The summed E-state index contributed by atoms with van der Waals surface area (Å²) in [6.45, 7) is 0. The van der Waals surface area contributed by atoms with Crippen LogP contribution in [0.15, 0.2) is 121 Å². The molecule has 2 bridgehead atoms. The highest BCUT2D eigenvalue weighted by atomic mass is 16.6. The number of rotatable bonds is 4. The molecule has 4 atom stereocenters. The lowest BCUT2D eigenvalue weighted by Gasteiger charge is -2.38. The molecule has 4 heteroatoms. The topological polar surface area (TPSA) is 60.4 Å². The Morgan fingerprint density at radius 1 is 0.459 bits per heavy atom. The number of allylic oxidation sites excluding steroid dienone is 2. The third kappa shape index (κ3) is 2.54. The van der Waals surface area contributed by atoms with Crippen molar-refractivity contribution < 1.29 is 19.1 Å². The summed E-state index contributed by atoms with van der Waals surface area (Å²) in [4.78, 5) is 42.4. The number of benzene rings is 4. The van der Waals surface area contributed by atoms with Gasteiger partial charge in [-0.05, 0) is 33.4 Å². The molecular formula is C33H22O4. The molecule has 0 radical (unpaired) electrons. The van der Waals surface area contributed by atoms with E-state index in [1.807, 2.05) is 121 Å². The van der Waals surface area contributed by atoms with E-state index in [9.17, 15) is 9.59 Å². The van der Waals surface area contributed by atoms with Gasteiger partial charge in [-0.3, -0.25) is 14.4 Å². The number of carbonyl (C=O) groups is 3. The van der Waals surface area contributed by atoms with Gasteiger partial charge < -0.3 is 4.74 Å². The Labute approximate surface area is 214 Å². The van der Waals surface area contributed by atoms with Crippen LogP contribution in [0.1, 0.15) is 22.3 Å². The lowest BCUT2D eigenvalue weighted by Crippen LogP contribution is -2.41. The SMILES string of the molecule is O=C1OC(=O)C2C1C1(c3ccccc3)C(=O)C2(c2ccccc2)C(c2ccccc2)=C1c1ccccc1. The Balaban J connectivity index is 1.73. The van der Waals surface area contributed by atoms with Crippen LogP contribution in [-0.2, 0) is 30.0 Å². The van der Waals surface area contributed by atoms with Crippen LogP contribution in [-0.4, -0.2) is 17.7 Å². The first-order valence-electron chi connectivity index (χ1n) is 12.4. The predicted octanol–water partition coefficient (Wildman–Crippen LogP) is 5.39. The zero-order valence-electron chi connectivity index (χ0n) is 19.8. The van der Waals surface area contributed by atoms with Crippen LogP contribution in [0.4, 0.5) is 0 Å². The summed E-state index contributed by atoms with van der Waals surface area (Å²) < 4.78 is 5.36. The first kappa shape index (κ1) is 21.7. The van der Waals surface area contributed by atoms with Crippen molar-refractivity contribution in [2.24, 2.45) is 11.8 Å². The van der Waals surface area contributed by atoms with Gasteiger partial charge in [-0.15, -0.1) is 0 Å². The zero-order valence-corrected chi connectivity index (χ0v) is 19.8. The molecule has 1 aliphatic heterocycles. The number of Topliss-reactive ketones (excluding diaryl/α,β-unsaturated/α-hetero) is 1. The smallest absolute Gasteiger partial charge is 0.319 e. The molecule has 1 saturated carbocycles. The third-order valence-electron chi connectivity index (χ3n) is 8.31. The highest BCUT2D eigenvalue weighted by Gasteiger charge is 2.82. The largest absolute Gasteiger partial charge is 0.393 e. The van der Waals surface area contributed by atoms with Gasteiger partial charge in [-0.25, -0.2) is 0 Å². The Kier molecular flexibility index (Phi) is 4.52. The average Bonchev–Trinajstić information content (AvgIpc) is 3.49. The molecule has 2 fully saturated rings. The highest BCUT2D eigenvalue weighted by Crippen LogP contribution is 2.74. The van der Waals surface area contributed by atoms with Crippen LogP contribution in [0.5, 0.6) is 0 Å². The molecule has 37 heavy (non-hydrogen) atoms. The fraction of sp³-hybridized carbons (Fsp3) is 0.121. The summed E-state index contributed by atoms with van der Waals surface area (Å²) in [5.74, 6) is -3.33. The Bertz CT molecular complexity index is 1470. The van der Waals surface area contributed by atoms with Gasteiger partial charge in [0.2, 0.25) is 0 Å². The number of carbonyl (C=O) groups excluding carboxylic acids is 3. The van der Waals surface area contributed by atoms with Gasteiger partial charge in [0, 0.05) is 0 Å². The number of fused-ring (bicyclic) bond motifs is 5. The van der Waals surface area contributed by atoms with E-state index >= 15 is 4.79 Å². The van der Waals surface area contributed by atoms with Crippen LogP contribution >= 0.6 is 0 Å². The van der Waals surface area contributed by atoms with E-state index in [0.717, 1.165) is 22.3 Å². The molecule has 0 spiro atoms. The summed E-state index contributed by atoms with van der Waals surface area (Å²) in [5, 5.41) is 0. The second-order valence-corrected chi connectivity index (χ2v) is 9.85. The number of esters is 2. The fourth-order valence-electron chi connectivity index (χ4n) is 7.14. The van der Waals surface area contributed by atoms with Gasteiger partial charge in [0.1, 0.15) is 0 Å². The lowest BCUT2D eigenvalue weighted by atomic mass is 9.59. The zero-order chi connectivity index (χ0) is 25.2. The number of ketones is 1. The van der Waals surface area contributed by atoms with Crippen LogP contribution in [0.2, 0.25) is 0 Å². The van der Waals surface area contributed by atoms with Crippen molar-refractivity contribution in [1.82, 2.24) is 0 Å². The van der Waals surface area contributed by atoms with Crippen LogP contribution in [0.25, 0.3) is 11.1 Å². The van der Waals surface area contributed by atoms with E-state index in [1.54, 1.807) is 0 Å². The molecule has 4 aromatic carbocycles. The summed E-state index contributed by atoms with van der Waals surface area (Å²) in [7, 11) is 0. The monoisotopic (exact) mass is 482 g/mol. The van der Waals surface area contributed by atoms with Crippen LogP contribution in [0, 0.1) is 11.8 Å². The Morgan fingerprint density at radius 2 is 0.784 bits per heavy atom. The molecule has 3 aliphatic rings. The number of ether oxygens (including phenoxy) is 1. The van der Waals surface area contributed by atoms with E-state index in [4.69, 9.17) is 4.74 Å². The summed E-state index contributed by atoms with van der Waals surface area (Å²) >= 11 is 0. The quantitative estimate of drug-likeness (QED) is 0.289. The van der Waals surface area contributed by atoms with Gasteiger partial charge in [-0.1, -0.05) is 121 Å². The molecule has 4 aromatic rings. The van der Waals surface area contributed by atoms with E-state index in [0.29, 0.717) is 11.1 Å².